The Labute approximate surface area is 223 Å². The minimum absolute atomic E-state index is 0.239. The standard InChI is InChI=1S/C28H37N3O5S/c1-18-11-12-23(19(2)13-18)36-15-24(32)29-21(14-20-9-7-6-8-10-20)25(33)27(35)31-17-37-16-22(31)26(34)30-28(3,4)5/h6-13,21-22,25,33H,14-17H2,1-5H3,(H,29,32)(H,30,34)/t21-,22-,25-/m0/s1. The Morgan fingerprint density at radius 1 is 1.14 bits per heavy atom. The van der Waals surface area contributed by atoms with Crippen LogP contribution in [0.25, 0.3) is 0 Å². The summed E-state index contributed by atoms with van der Waals surface area (Å²) in [5.41, 5.74) is 2.41. The summed E-state index contributed by atoms with van der Waals surface area (Å²) in [6, 6.07) is 13.4. The summed E-state index contributed by atoms with van der Waals surface area (Å²) in [7, 11) is 0. The average Bonchev–Trinajstić information content (AvgIpc) is 3.32. The number of rotatable bonds is 9. The molecule has 0 radical (unpaired) electrons. The summed E-state index contributed by atoms with van der Waals surface area (Å²) >= 11 is 1.45. The number of nitrogens with zero attached hydrogens (tertiary/aromatic N) is 1. The molecule has 3 amide bonds. The lowest BCUT2D eigenvalue weighted by Gasteiger charge is -2.31. The maximum atomic E-state index is 13.4. The topological polar surface area (TPSA) is 108 Å². The zero-order valence-electron chi connectivity index (χ0n) is 22.1. The number of aryl methyl sites for hydroxylation is 2. The van der Waals surface area contributed by atoms with E-state index in [-0.39, 0.29) is 18.9 Å². The molecule has 37 heavy (non-hydrogen) atoms. The molecule has 0 unspecified atom stereocenters. The normalized spacial score (nSPS) is 17.1. The van der Waals surface area contributed by atoms with Gasteiger partial charge in [0.25, 0.3) is 11.8 Å². The number of nitrogens with one attached hydrogen (secondary N) is 2. The van der Waals surface area contributed by atoms with Gasteiger partial charge in [-0.1, -0.05) is 48.0 Å². The second-order valence-corrected chi connectivity index (χ2v) is 11.4. The molecule has 0 spiro atoms. The number of hydrogen-bond acceptors (Lipinski definition) is 6. The van der Waals surface area contributed by atoms with Crippen LogP contribution in [0, 0.1) is 13.8 Å². The number of amides is 3. The Morgan fingerprint density at radius 2 is 1.84 bits per heavy atom. The number of ether oxygens (including phenoxy) is 1. The molecule has 0 aromatic heterocycles. The fourth-order valence-corrected chi connectivity index (χ4v) is 5.30. The highest BCUT2D eigenvalue weighted by atomic mass is 32.2. The highest BCUT2D eigenvalue weighted by molar-refractivity contribution is 7.99. The van der Waals surface area contributed by atoms with Gasteiger partial charge in [0.2, 0.25) is 5.91 Å². The number of aliphatic hydroxyl groups excluding tert-OH is 1. The monoisotopic (exact) mass is 527 g/mol. The van der Waals surface area contributed by atoms with Crippen LogP contribution in [0.1, 0.15) is 37.5 Å². The second kappa shape index (κ2) is 12.5. The molecule has 8 nitrogen and oxygen atoms in total. The van der Waals surface area contributed by atoms with E-state index < -0.39 is 35.5 Å². The summed E-state index contributed by atoms with van der Waals surface area (Å²) in [5.74, 6) is 0.0308. The molecule has 0 aliphatic carbocycles. The van der Waals surface area contributed by atoms with Crippen LogP contribution < -0.4 is 15.4 Å². The summed E-state index contributed by atoms with van der Waals surface area (Å²) in [4.78, 5) is 40.4. The van der Waals surface area contributed by atoms with Gasteiger partial charge in [-0.3, -0.25) is 14.4 Å². The van der Waals surface area contributed by atoms with Crippen molar-refractivity contribution in [3.8, 4) is 5.75 Å². The van der Waals surface area contributed by atoms with Gasteiger partial charge in [-0.15, -0.1) is 11.8 Å². The van der Waals surface area contributed by atoms with Crippen LogP contribution in [0.3, 0.4) is 0 Å². The van der Waals surface area contributed by atoms with Crippen molar-refractivity contribution in [1.82, 2.24) is 15.5 Å². The van der Waals surface area contributed by atoms with E-state index in [9.17, 15) is 19.5 Å². The summed E-state index contributed by atoms with van der Waals surface area (Å²) in [6.07, 6.45) is -1.29. The SMILES string of the molecule is Cc1ccc(OCC(=O)N[C@@H](Cc2ccccc2)[C@H](O)C(=O)N2CSC[C@H]2C(=O)NC(C)(C)C)c(C)c1. The van der Waals surface area contributed by atoms with E-state index in [1.54, 1.807) is 0 Å². The molecular weight excluding hydrogens is 490 g/mol. The molecular formula is C28H37N3O5S. The fraction of sp³-hybridized carbons (Fsp3) is 0.464. The maximum absolute atomic E-state index is 13.4. The van der Waals surface area contributed by atoms with Crippen LogP contribution >= 0.6 is 11.8 Å². The minimum atomic E-state index is -1.53. The third-order valence-electron chi connectivity index (χ3n) is 5.93. The Bertz CT molecular complexity index is 1100. The van der Waals surface area contributed by atoms with Crippen molar-refractivity contribution in [3.05, 3.63) is 65.2 Å². The van der Waals surface area contributed by atoms with Crippen LogP contribution in [-0.2, 0) is 20.8 Å². The number of carbonyl (C=O) groups is 3. The highest BCUT2D eigenvalue weighted by Crippen LogP contribution is 2.24. The van der Waals surface area contributed by atoms with E-state index in [2.05, 4.69) is 10.6 Å². The Kier molecular flexibility index (Phi) is 9.62. The van der Waals surface area contributed by atoms with Crippen LogP contribution in [0.15, 0.2) is 48.5 Å². The van der Waals surface area contributed by atoms with Crippen molar-refractivity contribution in [2.24, 2.45) is 0 Å². The molecule has 2 aromatic carbocycles. The maximum Gasteiger partial charge on any atom is 0.258 e. The third-order valence-corrected chi connectivity index (χ3v) is 6.95. The van der Waals surface area contributed by atoms with Gasteiger partial charge in [0.1, 0.15) is 11.8 Å². The lowest BCUT2D eigenvalue weighted by Crippen LogP contribution is -2.58. The van der Waals surface area contributed by atoms with Gasteiger partial charge >= 0.3 is 0 Å². The van der Waals surface area contributed by atoms with Gasteiger partial charge in [0.05, 0.1) is 11.9 Å². The number of carbonyl (C=O) groups excluding carboxylic acids is 3. The van der Waals surface area contributed by atoms with Crippen LogP contribution in [0.5, 0.6) is 5.75 Å². The zero-order chi connectivity index (χ0) is 27.2. The molecule has 1 saturated heterocycles. The predicted octanol–water partition coefficient (Wildman–Crippen LogP) is 2.59. The molecule has 0 saturated carbocycles. The van der Waals surface area contributed by atoms with Crippen LogP contribution in [0.2, 0.25) is 0 Å². The van der Waals surface area contributed by atoms with Gasteiger partial charge in [-0.05, 0) is 58.2 Å². The minimum Gasteiger partial charge on any atom is -0.484 e. The summed E-state index contributed by atoms with van der Waals surface area (Å²) in [5, 5.41) is 16.8. The molecule has 200 valence electrons. The van der Waals surface area contributed by atoms with Crippen molar-refractivity contribution in [2.45, 2.75) is 64.8 Å². The molecule has 2 aromatic rings. The van der Waals surface area contributed by atoms with Crippen molar-refractivity contribution in [3.63, 3.8) is 0 Å². The van der Waals surface area contributed by atoms with Gasteiger partial charge in [0.15, 0.2) is 12.7 Å². The first-order chi connectivity index (χ1) is 17.4. The van der Waals surface area contributed by atoms with Crippen molar-refractivity contribution in [1.29, 1.82) is 0 Å². The first-order valence-corrected chi connectivity index (χ1v) is 13.5. The fourth-order valence-electron chi connectivity index (χ4n) is 4.13. The summed E-state index contributed by atoms with van der Waals surface area (Å²) < 4.78 is 5.69. The number of thioether (sulfide) groups is 1. The second-order valence-electron chi connectivity index (χ2n) is 10.4. The van der Waals surface area contributed by atoms with Crippen molar-refractivity contribution >= 4 is 29.5 Å². The number of aliphatic hydroxyl groups is 1. The van der Waals surface area contributed by atoms with E-state index in [0.29, 0.717) is 17.4 Å². The van der Waals surface area contributed by atoms with Crippen LogP contribution in [-0.4, -0.2) is 69.7 Å². The number of benzene rings is 2. The van der Waals surface area contributed by atoms with E-state index in [1.807, 2.05) is 83.1 Å². The van der Waals surface area contributed by atoms with Gasteiger partial charge in [-0.25, -0.2) is 0 Å². The molecule has 3 N–H and O–H groups in total. The number of hydrogen-bond donors (Lipinski definition) is 3. The lowest BCUT2D eigenvalue weighted by molar-refractivity contribution is -0.147. The van der Waals surface area contributed by atoms with Crippen molar-refractivity contribution in [2.75, 3.05) is 18.2 Å². The van der Waals surface area contributed by atoms with Gasteiger partial charge in [-0.2, -0.15) is 0 Å². The molecule has 9 heteroatoms. The molecule has 1 heterocycles. The molecule has 1 fully saturated rings. The molecule has 1 aliphatic rings. The third kappa shape index (κ3) is 8.23. The molecule has 3 atom stereocenters. The predicted molar refractivity (Wildman–Crippen MR) is 145 cm³/mol. The van der Waals surface area contributed by atoms with E-state index in [1.165, 1.54) is 16.7 Å². The van der Waals surface area contributed by atoms with Gasteiger partial charge in [0, 0.05) is 11.3 Å². The molecule has 3 rings (SSSR count). The van der Waals surface area contributed by atoms with E-state index in [4.69, 9.17) is 4.74 Å². The zero-order valence-corrected chi connectivity index (χ0v) is 22.9. The highest BCUT2D eigenvalue weighted by Gasteiger charge is 2.40. The van der Waals surface area contributed by atoms with Gasteiger partial charge < -0.3 is 25.4 Å². The molecule has 0 bridgehead atoms. The Morgan fingerprint density at radius 3 is 2.49 bits per heavy atom. The van der Waals surface area contributed by atoms with E-state index >= 15 is 0 Å². The molecule has 1 aliphatic heterocycles. The first kappa shape index (κ1) is 28.5. The first-order valence-electron chi connectivity index (χ1n) is 12.4. The van der Waals surface area contributed by atoms with E-state index in [0.717, 1.165) is 16.7 Å². The smallest absolute Gasteiger partial charge is 0.258 e. The van der Waals surface area contributed by atoms with Crippen LogP contribution in [0.4, 0.5) is 0 Å². The largest absolute Gasteiger partial charge is 0.484 e. The van der Waals surface area contributed by atoms with Crippen molar-refractivity contribution < 1.29 is 24.2 Å². The Balaban J connectivity index is 1.72. The summed E-state index contributed by atoms with van der Waals surface area (Å²) in [6.45, 7) is 9.25. The quantitative estimate of drug-likeness (QED) is 0.463. The Hall–Kier alpha value is -3.04. The lowest BCUT2D eigenvalue weighted by atomic mass is 9.99. The average molecular weight is 528 g/mol.